The molecule has 0 aliphatic carbocycles. The Morgan fingerprint density at radius 3 is 2.43 bits per heavy atom. The van der Waals surface area contributed by atoms with Crippen LogP contribution in [0.3, 0.4) is 0 Å². The predicted molar refractivity (Wildman–Crippen MR) is 170 cm³/mol. The molecule has 226 valence electrons. The maximum Gasteiger partial charge on any atom is 0.229 e. The van der Waals surface area contributed by atoms with Crippen LogP contribution in [0, 0.1) is 12.7 Å². The Kier molecular flexibility index (Phi) is 9.22. The van der Waals surface area contributed by atoms with Crippen LogP contribution in [-0.2, 0) is 5.60 Å². The van der Waals surface area contributed by atoms with Crippen LogP contribution in [-0.4, -0.2) is 84.3 Å². The van der Waals surface area contributed by atoms with E-state index in [1.165, 1.54) is 12.1 Å². The lowest BCUT2D eigenvalue weighted by atomic mass is 9.96. The topological polar surface area (TPSA) is 89.0 Å². The molecule has 2 aliphatic heterocycles. The van der Waals surface area contributed by atoms with Gasteiger partial charge in [-0.15, -0.1) is 0 Å². The Hall–Kier alpha value is -2.99. The number of hydrogen-bond donors (Lipinski definition) is 3. The number of aromatic nitrogens is 2. The van der Waals surface area contributed by atoms with Gasteiger partial charge >= 0.3 is 0 Å². The first-order valence-corrected chi connectivity index (χ1v) is 15.3. The number of benzene rings is 2. The first kappa shape index (κ1) is 30.5. The molecule has 0 radical (unpaired) electrons. The summed E-state index contributed by atoms with van der Waals surface area (Å²) in [6, 6.07) is 8.95. The van der Waals surface area contributed by atoms with Crippen molar-refractivity contribution in [2.24, 2.45) is 0 Å². The van der Waals surface area contributed by atoms with E-state index < -0.39 is 11.4 Å². The van der Waals surface area contributed by atoms with E-state index in [9.17, 15) is 9.50 Å². The minimum Gasteiger partial charge on any atom is -0.494 e. The lowest BCUT2D eigenvalue weighted by Crippen LogP contribution is -2.52. The van der Waals surface area contributed by atoms with Crippen LogP contribution in [0.15, 0.2) is 41.0 Å². The number of ether oxygens (including phenoxy) is 1. The number of methoxy groups -OCH3 is 1. The predicted octanol–water partition coefficient (Wildman–Crippen LogP) is 5.63. The fraction of sp³-hybridized carbons (Fsp3) is 0.484. The molecule has 9 nitrogen and oxygen atoms in total. The van der Waals surface area contributed by atoms with E-state index in [2.05, 4.69) is 71.3 Å². The van der Waals surface area contributed by atoms with Gasteiger partial charge in [0.2, 0.25) is 5.95 Å². The molecule has 1 aromatic heterocycles. The Bertz CT molecular complexity index is 1400. The molecule has 2 saturated heterocycles. The van der Waals surface area contributed by atoms with Gasteiger partial charge in [-0.05, 0) is 80.4 Å². The van der Waals surface area contributed by atoms with Gasteiger partial charge in [0, 0.05) is 74.5 Å². The van der Waals surface area contributed by atoms with Gasteiger partial charge in [0.05, 0.1) is 22.9 Å². The van der Waals surface area contributed by atoms with Crippen molar-refractivity contribution < 1.29 is 14.2 Å². The van der Waals surface area contributed by atoms with Crippen molar-refractivity contribution in [3.8, 4) is 5.75 Å². The number of nitrogens with zero attached hydrogens (tertiary/aromatic N) is 5. The van der Waals surface area contributed by atoms with Crippen LogP contribution >= 0.6 is 15.9 Å². The first-order valence-electron chi connectivity index (χ1n) is 14.5. The molecule has 0 amide bonds. The summed E-state index contributed by atoms with van der Waals surface area (Å²) in [6.45, 7) is 12.0. The normalized spacial score (nSPS) is 17.4. The number of halogens is 2. The summed E-state index contributed by atoms with van der Waals surface area (Å²) in [4.78, 5) is 16.6. The van der Waals surface area contributed by atoms with Crippen molar-refractivity contribution in [2.75, 3.05) is 69.0 Å². The lowest BCUT2D eigenvalue weighted by Gasteiger charge is -2.43. The van der Waals surface area contributed by atoms with Crippen molar-refractivity contribution >= 4 is 44.8 Å². The molecule has 3 N–H and O–H groups in total. The maximum absolute atomic E-state index is 14.1. The highest BCUT2D eigenvalue weighted by Crippen LogP contribution is 2.38. The number of aryl methyl sites for hydroxylation is 1. The molecule has 0 bridgehead atoms. The highest BCUT2D eigenvalue weighted by atomic mass is 79.9. The van der Waals surface area contributed by atoms with Gasteiger partial charge < -0.3 is 30.3 Å². The van der Waals surface area contributed by atoms with E-state index in [-0.39, 0.29) is 0 Å². The number of anilines is 5. The molecular formula is C31H41BrFN7O2. The second kappa shape index (κ2) is 12.7. The summed E-state index contributed by atoms with van der Waals surface area (Å²) in [5.74, 6) is 1.19. The average Bonchev–Trinajstić information content (AvgIpc) is 2.94. The third-order valence-corrected chi connectivity index (χ3v) is 8.79. The quantitative estimate of drug-likeness (QED) is 0.290. The standard InChI is InChI=1S/C31H41BrFN7O2/c1-20-16-22(18-27(42-5)28(20)40-10-8-23(9-11-40)39-14-12-38(4)13-15-39)35-30-34-19-25(32)29(37-30)36-26-17-21(33)6-7-24(26)31(2,3)41/h6-7,16-19,23,41H,8-15H2,1-5H3,(H2,34,35,36,37). The molecule has 2 aromatic carbocycles. The van der Waals surface area contributed by atoms with Gasteiger partial charge in [-0.25, -0.2) is 9.37 Å². The summed E-state index contributed by atoms with van der Waals surface area (Å²) in [6.07, 6.45) is 3.92. The van der Waals surface area contributed by atoms with Gasteiger partial charge in [-0.3, -0.25) is 4.90 Å². The Balaban J connectivity index is 1.31. The summed E-state index contributed by atoms with van der Waals surface area (Å²) >= 11 is 3.48. The van der Waals surface area contributed by atoms with Crippen molar-refractivity contribution in [1.82, 2.24) is 19.8 Å². The van der Waals surface area contributed by atoms with E-state index in [4.69, 9.17) is 4.74 Å². The molecule has 11 heteroatoms. The molecule has 0 unspecified atom stereocenters. The zero-order chi connectivity index (χ0) is 30.0. The molecule has 0 spiro atoms. The van der Waals surface area contributed by atoms with Crippen LogP contribution in [0.1, 0.15) is 37.8 Å². The summed E-state index contributed by atoms with van der Waals surface area (Å²) in [5, 5.41) is 17.0. The maximum atomic E-state index is 14.1. The highest BCUT2D eigenvalue weighted by Gasteiger charge is 2.28. The average molecular weight is 643 g/mol. The third kappa shape index (κ3) is 6.96. The SMILES string of the molecule is COc1cc(Nc2ncc(Br)c(Nc3cc(F)ccc3C(C)(C)O)n2)cc(C)c1N1CCC(N2CCN(C)CC2)CC1. The molecule has 42 heavy (non-hydrogen) atoms. The molecular weight excluding hydrogens is 601 g/mol. The monoisotopic (exact) mass is 641 g/mol. The number of piperazine rings is 1. The van der Waals surface area contributed by atoms with E-state index in [0.29, 0.717) is 33.5 Å². The minimum absolute atomic E-state index is 0.365. The van der Waals surface area contributed by atoms with E-state index in [1.54, 1.807) is 33.2 Å². The number of nitrogens with one attached hydrogen (secondary N) is 2. The van der Waals surface area contributed by atoms with Crippen LogP contribution in [0.25, 0.3) is 0 Å². The van der Waals surface area contributed by atoms with Gasteiger partial charge in [0.15, 0.2) is 0 Å². The van der Waals surface area contributed by atoms with Crippen molar-refractivity contribution in [1.29, 1.82) is 0 Å². The molecule has 3 aromatic rings. The Morgan fingerprint density at radius 1 is 1.05 bits per heavy atom. The van der Waals surface area contributed by atoms with Gasteiger partial charge in [0.1, 0.15) is 17.4 Å². The van der Waals surface area contributed by atoms with Crippen molar-refractivity contribution in [3.05, 3.63) is 57.9 Å². The Morgan fingerprint density at radius 2 is 1.76 bits per heavy atom. The molecule has 0 saturated carbocycles. The third-order valence-electron chi connectivity index (χ3n) is 8.21. The summed E-state index contributed by atoms with van der Waals surface area (Å²) in [7, 11) is 3.91. The van der Waals surface area contributed by atoms with Crippen LogP contribution in [0.5, 0.6) is 5.75 Å². The fourth-order valence-corrected chi connectivity index (χ4v) is 6.24. The molecule has 2 aliphatic rings. The second-order valence-corrected chi connectivity index (χ2v) is 12.6. The zero-order valence-corrected chi connectivity index (χ0v) is 26.6. The van der Waals surface area contributed by atoms with E-state index in [1.807, 2.05) is 6.07 Å². The molecule has 2 fully saturated rings. The van der Waals surface area contributed by atoms with Crippen LogP contribution in [0.2, 0.25) is 0 Å². The Labute approximate surface area is 256 Å². The molecule has 3 heterocycles. The van der Waals surface area contributed by atoms with Gasteiger partial charge in [0.25, 0.3) is 0 Å². The molecule has 5 rings (SSSR count). The summed E-state index contributed by atoms with van der Waals surface area (Å²) < 4.78 is 20.6. The van der Waals surface area contributed by atoms with Crippen LogP contribution in [0.4, 0.5) is 33.2 Å². The smallest absolute Gasteiger partial charge is 0.229 e. The van der Waals surface area contributed by atoms with Crippen molar-refractivity contribution in [3.63, 3.8) is 0 Å². The second-order valence-electron chi connectivity index (χ2n) is 11.8. The van der Waals surface area contributed by atoms with Crippen molar-refractivity contribution in [2.45, 2.75) is 45.3 Å². The largest absolute Gasteiger partial charge is 0.494 e. The summed E-state index contributed by atoms with van der Waals surface area (Å²) in [5.41, 5.74) is 2.84. The van der Waals surface area contributed by atoms with E-state index in [0.717, 1.165) is 74.8 Å². The highest BCUT2D eigenvalue weighted by molar-refractivity contribution is 9.10. The number of piperidine rings is 1. The van der Waals surface area contributed by atoms with E-state index >= 15 is 0 Å². The number of rotatable bonds is 8. The van der Waals surface area contributed by atoms with Crippen LogP contribution < -0.4 is 20.3 Å². The number of aliphatic hydroxyl groups is 1. The van der Waals surface area contributed by atoms with Gasteiger partial charge in [-0.1, -0.05) is 6.07 Å². The zero-order valence-electron chi connectivity index (χ0n) is 25.0. The fourth-order valence-electron chi connectivity index (χ4n) is 5.95. The first-order chi connectivity index (χ1) is 20.0. The van der Waals surface area contributed by atoms with Gasteiger partial charge in [-0.2, -0.15) is 4.98 Å². The lowest BCUT2D eigenvalue weighted by molar-refractivity contribution is 0.0793. The minimum atomic E-state index is -1.17. The number of hydrogen-bond acceptors (Lipinski definition) is 9. The number of likely N-dealkylation sites (N-methyl/N-ethyl adjacent to an activating group) is 1. The molecule has 0 atom stereocenters.